The fourth-order valence-electron chi connectivity index (χ4n) is 1.15. The molecule has 0 N–H and O–H groups in total. The van der Waals surface area contributed by atoms with Crippen molar-refractivity contribution in [3.8, 4) is 5.75 Å². The molecule has 0 aliphatic heterocycles. The highest BCUT2D eigenvalue weighted by atomic mass is 19.4. The molecule has 16 heavy (non-hydrogen) atoms. The normalized spacial score (nSPS) is 11.9. The van der Waals surface area contributed by atoms with Gasteiger partial charge in [-0.25, -0.2) is 0 Å². The number of rotatable bonds is 5. The summed E-state index contributed by atoms with van der Waals surface area (Å²) in [5, 5.41) is 0. The van der Waals surface area contributed by atoms with Gasteiger partial charge in [0, 0.05) is 6.54 Å². The van der Waals surface area contributed by atoms with Gasteiger partial charge in [0.15, 0.2) is 0 Å². The Bertz CT molecular complexity index is 341. The number of ether oxygens (including phenoxy) is 1. The summed E-state index contributed by atoms with van der Waals surface area (Å²) in [6.45, 7) is -3.90. The highest BCUT2D eigenvalue weighted by Gasteiger charge is 2.25. The Kier molecular flexibility index (Phi) is 4.23. The van der Waals surface area contributed by atoms with Crippen LogP contribution in [0.5, 0.6) is 5.75 Å². The summed E-state index contributed by atoms with van der Waals surface area (Å²) in [4.78, 5) is 1.90. The maximum atomic E-state index is 12.4. The first-order chi connectivity index (χ1) is 7.39. The van der Waals surface area contributed by atoms with Gasteiger partial charge < -0.3 is 22.6 Å². The molecule has 0 aliphatic carbocycles. The van der Waals surface area contributed by atoms with Crippen molar-refractivity contribution in [2.24, 2.45) is 0 Å². The first kappa shape index (κ1) is 12.9. The molecular weight excluding hydrogens is 218 g/mol. The maximum Gasteiger partial charge on any atom is 0.509 e. The van der Waals surface area contributed by atoms with E-state index >= 15 is 0 Å². The number of hydrogen-bond donors (Lipinski definition) is 0. The van der Waals surface area contributed by atoms with Crippen molar-refractivity contribution in [3.63, 3.8) is 0 Å². The molecule has 0 bridgehead atoms. The van der Waals surface area contributed by atoms with Gasteiger partial charge in [0.1, 0.15) is 12.4 Å². The van der Waals surface area contributed by atoms with Crippen molar-refractivity contribution in [1.29, 1.82) is 0 Å². The molecule has 0 atom stereocenters. The van der Waals surface area contributed by atoms with E-state index < -0.39 is 12.4 Å². The first-order valence-electron chi connectivity index (χ1n) is 4.97. The van der Waals surface area contributed by atoms with Crippen LogP contribution in [0.1, 0.15) is 0 Å². The molecule has 0 amide bonds. The Morgan fingerprint density at radius 2 is 1.94 bits per heavy atom. The van der Waals surface area contributed by atoms with Crippen LogP contribution in [0.2, 0.25) is 0 Å². The van der Waals surface area contributed by atoms with E-state index in [4.69, 9.17) is 4.74 Å². The monoisotopic (exact) mass is 232 g/mol. The van der Waals surface area contributed by atoms with Crippen LogP contribution in [0.3, 0.4) is 0 Å². The highest BCUT2D eigenvalue weighted by Crippen LogP contribution is 2.14. The molecule has 0 aliphatic rings. The zero-order chi connectivity index (χ0) is 12.2. The third-order valence-electron chi connectivity index (χ3n) is 2.04. The van der Waals surface area contributed by atoms with E-state index in [2.05, 4.69) is 0 Å². The van der Waals surface area contributed by atoms with Gasteiger partial charge in [-0.3, -0.25) is 0 Å². The van der Waals surface area contributed by atoms with Crippen molar-refractivity contribution >= 4 is 12.4 Å². The standard InChI is InChI=1S/C10H14BF3NO/c1-15(2)6-7-16-10-5-3-4-9(8-10)11(12,13)14/h3-5,8H,6-7H2,1-2H3/q-1. The van der Waals surface area contributed by atoms with E-state index in [1.807, 2.05) is 19.0 Å². The van der Waals surface area contributed by atoms with Gasteiger partial charge in [0.2, 0.25) is 0 Å². The van der Waals surface area contributed by atoms with Gasteiger partial charge in [-0.05, 0) is 26.2 Å². The lowest BCUT2D eigenvalue weighted by Gasteiger charge is -2.16. The lowest BCUT2D eigenvalue weighted by Crippen LogP contribution is -2.33. The van der Waals surface area contributed by atoms with Crippen molar-refractivity contribution in [2.75, 3.05) is 27.2 Å². The van der Waals surface area contributed by atoms with Gasteiger partial charge in [-0.15, -0.1) is 5.46 Å². The molecule has 0 heterocycles. The van der Waals surface area contributed by atoms with Crippen molar-refractivity contribution < 1.29 is 17.7 Å². The predicted octanol–water partition coefficient (Wildman–Crippen LogP) is 1.68. The van der Waals surface area contributed by atoms with Crippen LogP contribution < -0.4 is 10.2 Å². The largest absolute Gasteiger partial charge is 0.509 e. The summed E-state index contributed by atoms with van der Waals surface area (Å²) in [6.07, 6.45) is 0. The molecule has 0 spiro atoms. The van der Waals surface area contributed by atoms with E-state index in [0.717, 1.165) is 12.1 Å². The molecule has 90 valence electrons. The van der Waals surface area contributed by atoms with Crippen molar-refractivity contribution in [3.05, 3.63) is 24.3 Å². The maximum absolute atomic E-state index is 12.4. The van der Waals surface area contributed by atoms with E-state index in [-0.39, 0.29) is 5.75 Å². The Balaban J connectivity index is 2.61. The molecule has 1 aromatic rings. The highest BCUT2D eigenvalue weighted by molar-refractivity contribution is 6.73. The third-order valence-corrected chi connectivity index (χ3v) is 2.04. The molecule has 0 aromatic heterocycles. The summed E-state index contributed by atoms with van der Waals surface area (Å²) in [5.41, 5.74) is -0.623. The average molecular weight is 232 g/mol. The topological polar surface area (TPSA) is 12.5 Å². The van der Waals surface area contributed by atoms with E-state index in [1.54, 1.807) is 0 Å². The average Bonchev–Trinajstić information content (AvgIpc) is 2.16. The van der Waals surface area contributed by atoms with Crippen LogP contribution in [-0.4, -0.2) is 39.1 Å². The third kappa shape index (κ3) is 4.14. The SMILES string of the molecule is CN(C)CCOc1cccc([B-](F)(F)F)c1. The second-order valence-electron chi connectivity index (χ2n) is 3.80. The van der Waals surface area contributed by atoms with Crippen molar-refractivity contribution in [1.82, 2.24) is 4.90 Å². The fourth-order valence-corrected chi connectivity index (χ4v) is 1.15. The summed E-state index contributed by atoms with van der Waals surface area (Å²) < 4.78 is 42.5. The molecule has 0 saturated heterocycles. The molecule has 0 fully saturated rings. The summed E-state index contributed by atoms with van der Waals surface area (Å²) in [6, 6.07) is 4.98. The number of nitrogens with zero attached hydrogens (tertiary/aromatic N) is 1. The van der Waals surface area contributed by atoms with Gasteiger partial charge in [-0.2, -0.15) is 0 Å². The fraction of sp³-hybridized carbons (Fsp3) is 0.400. The van der Waals surface area contributed by atoms with E-state index in [1.165, 1.54) is 12.1 Å². The Labute approximate surface area is 93.1 Å². The van der Waals surface area contributed by atoms with Crippen LogP contribution in [0.4, 0.5) is 12.9 Å². The number of benzene rings is 1. The van der Waals surface area contributed by atoms with Gasteiger partial charge >= 0.3 is 6.98 Å². The quantitative estimate of drug-likeness (QED) is 0.716. The van der Waals surface area contributed by atoms with Crippen LogP contribution in [-0.2, 0) is 0 Å². The zero-order valence-electron chi connectivity index (χ0n) is 9.29. The molecule has 0 radical (unpaired) electrons. The summed E-state index contributed by atoms with van der Waals surface area (Å²) in [5.74, 6) is 0.263. The molecular formula is C10H14BF3NO-. The van der Waals surface area contributed by atoms with Gasteiger partial charge in [-0.1, -0.05) is 12.1 Å². The predicted molar refractivity (Wildman–Crippen MR) is 59.2 cm³/mol. The first-order valence-corrected chi connectivity index (χ1v) is 4.97. The molecule has 0 saturated carbocycles. The van der Waals surface area contributed by atoms with Gasteiger partial charge in [0.05, 0.1) is 0 Å². The smallest absolute Gasteiger partial charge is 0.492 e. The number of hydrogen-bond acceptors (Lipinski definition) is 2. The minimum atomic E-state index is -4.95. The lowest BCUT2D eigenvalue weighted by molar-refractivity contribution is 0.261. The second kappa shape index (κ2) is 5.25. The molecule has 0 unspecified atom stereocenters. The molecule has 2 nitrogen and oxygen atoms in total. The minimum absolute atomic E-state index is 0.263. The summed E-state index contributed by atoms with van der Waals surface area (Å²) >= 11 is 0. The van der Waals surface area contributed by atoms with Gasteiger partial charge in [0.25, 0.3) is 0 Å². The molecule has 1 rings (SSSR count). The minimum Gasteiger partial charge on any atom is -0.492 e. The Morgan fingerprint density at radius 3 is 2.50 bits per heavy atom. The second-order valence-corrected chi connectivity index (χ2v) is 3.80. The van der Waals surface area contributed by atoms with Crippen LogP contribution >= 0.6 is 0 Å². The lowest BCUT2D eigenvalue weighted by atomic mass is 9.80. The number of halogens is 3. The Hall–Kier alpha value is -1.17. The molecule has 6 heteroatoms. The Morgan fingerprint density at radius 1 is 1.25 bits per heavy atom. The van der Waals surface area contributed by atoms with E-state index in [9.17, 15) is 12.9 Å². The number of likely N-dealkylation sites (N-methyl/N-ethyl adjacent to an activating group) is 1. The summed E-state index contributed by atoms with van der Waals surface area (Å²) in [7, 11) is 3.75. The van der Waals surface area contributed by atoms with Crippen molar-refractivity contribution in [2.45, 2.75) is 0 Å². The molecule has 1 aromatic carbocycles. The van der Waals surface area contributed by atoms with Crippen LogP contribution in [0.25, 0.3) is 0 Å². The zero-order valence-corrected chi connectivity index (χ0v) is 9.29. The van der Waals surface area contributed by atoms with Crippen LogP contribution in [0.15, 0.2) is 24.3 Å². The van der Waals surface area contributed by atoms with E-state index in [0.29, 0.717) is 13.2 Å². The van der Waals surface area contributed by atoms with Crippen LogP contribution in [0, 0.1) is 0 Å².